The molecule has 1 unspecified atom stereocenters. The molecule has 1 atom stereocenters. The Kier molecular flexibility index (Phi) is 5.13. The quantitative estimate of drug-likeness (QED) is 0.861. The van der Waals surface area contributed by atoms with E-state index in [0.29, 0.717) is 5.25 Å². The molecule has 1 aromatic carbocycles. The van der Waals surface area contributed by atoms with E-state index in [9.17, 15) is 0 Å². The minimum absolute atomic E-state index is 0.648. The lowest BCUT2D eigenvalue weighted by molar-refractivity contribution is 0.479. The zero-order chi connectivity index (χ0) is 13.0. The molecular formula is C14H19BrN2S. The Morgan fingerprint density at radius 2 is 2.22 bits per heavy atom. The van der Waals surface area contributed by atoms with Gasteiger partial charge in [-0.1, -0.05) is 60.4 Å². The molecule has 4 heteroatoms. The largest absolute Gasteiger partial charge is 0.335 e. The lowest BCUT2D eigenvalue weighted by atomic mass is 9.99. The highest BCUT2D eigenvalue weighted by Crippen LogP contribution is 2.31. The Morgan fingerprint density at radius 1 is 1.44 bits per heavy atom. The number of thioether (sulfide) groups is 1. The third kappa shape index (κ3) is 3.51. The molecule has 0 amide bonds. The van der Waals surface area contributed by atoms with Crippen molar-refractivity contribution in [1.29, 1.82) is 0 Å². The maximum Gasteiger partial charge on any atom is 0.161 e. The highest BCUT2D eigenvalue weighted by molar-refractivity contribution is 9.10. The van der Waals surface area contributed by atoms with Gasteiger partial charge in [0.15, 0.2) is 5.17 Å². The monoisotopic (exact) mass is 326 g/mol. The number of nitrogens with one attached hydrogen (secondary N) is 1. The van der Waals surface area contributed by atoms with Crippen molar-refractivity contribution in [2.75, 3.05) is 11.9 Å². The summed E-state index contributed by atoms with van der Waals surface area (Å²) in [6.45, 7) is 5.50. The Morgan fingerprint density at radius 3 is 2.89 bits per heavy atom. The van der Waals surface area contributed by atoms with Crippen LogP contribution in [-0.2, 0) is 0 Å². The first kappa shape index (κ1) is 13.9. The number of rotatable bonds is 4. The van der Waals surface area contributed by atoms with Crippen molar-refractivity contribution >= 4 is 38.5 Å². The topological polar surface area (TPSA) is 24.4 Å². The normalized spacial score (nSPS) is 19.1. The number of hydrogen-bond acceptors (Lipinski definition) is 3. The predicted octanol–water partition coefficient (Wildman–Crippen LogP) is 4.77. The number of nitrogens with zero attached hydrogens (tertiary/aromatic N) is 1. The van der Waals surface area contributed by atoms with E-state index in [2.05, 4.69) is 52.2 Å². The zero-order valence-electron chi connectivity index (χ0n) is 10.8. The van der Waals surface area contributed by atoms with Crippen LogP contribution in [0.5, 0.6) is 0 Å². The van der Waals surface area contributed by atoms with Gasteiger partial charge >= 0.3 is 0 Å². The smallest absolute Gasteiger partial charge is 0.161 e. The molecule has 1 N–H and O–H groups in total. The Balaban J connectivity index is 1.93. The van der Waals surface area contributed by atoms with E-state index < -0.39 is 0 Å². The molecule has 0 aromatic heterocycles. The van der Waals surface area contributed by atoms with Crippen LogP contribution < -0.4 is 5.32 Å². The summed E-state index contributed by atoms with van der Waals surface area (Å²) in [6.07, 6.45) is 2.49. The lowest BCUT2D eigenvalue weighted by Crippen LogP contribution is -2.17. The standard InChI is InChI=1S/C14H19BrN2S/c1-3-10(4-2)13-9-16-14(18-13)17-12-7-5-6-11(15)8-12/h5-8,10,13H,3-4,9H2,1-2H3,(H,16,17). The first-order valence-electron chi connectivity index (χ1n) is 6.46. The van der Waals surface area contributed by atoms with Crippen molar-refractivity contribution in [3.63, 3.8) is 0 Å². The minimum Gasteiger partial charge on any atom is -0.335 e. The maximum absolute atomic E-state index is 4.61. The maximum atomic E-state index is 4.61. The molecule has 0 spiro atoms. The van der Waals surface area contributed by atoms with Gasteiger partial charge in [-0.25, -0.2) is 0 Å². The van der Waals surface area contributed by atoms with Crippen LogP contribution in [0, 0.1) is 5.92 Å². The third-order valence-corrected chi connectivity index (χ3v) is 5.11. The molecule has 18 heavy (non-hydrogen) atoms. The molecule has 0 saturated carbocycles. The molecule has 2 nitrogen and oxygen atoms in total. The number of amidine groups is 1. The molecule has 0 bridgehead atoms. The van der Waals surface area contributed by atoms with E-state index in [4.69, 9.17) is 0 Å². The van der Waals surface area contributed by atoms with E-state index in [1.165, 1.54) is 12.8 Å². The average Bonchev–Trinajstić information content (AvgIpc) is 2.79. The number of benzene rings is 1. The summed E-state index contributed by atoms with van der Waals surface area (Å²) in [6, 6.07) is 8.21. The summed E-state index contributed by atoms with van der Waals surface area (Å²) in [4.78, 5) is 4.61. The van der Waals surface area contributed by atoms with Gasteiger partial charge in [0.1, 0.15) is 0 Å². The van der Waals surface area contributed by atoms with Crippen LogP contribution in [0.2, 0.25) is 0 Å². The summed E-state index contributed by atoms with van der Waals surface area (Å²) in [5.41, 5.74) is 1.10. The van der Waals surface area contributed by atoms with Crippen molar-refractivity contribution in [2.24, 2.45) is 10.9 Å². The van der Waals surface area contributed by atoms with Gasteiger partial charge in [-0.3, -0.25) is 4.99 Å². The average molecular weight is 327 g/mol. The summed E-state index contributed by atoms with van der Waals surface area (Å²) in [5.74, 6) is 0.778. The molecular weight excluding hydrogens is 308 g/mol. The van der Waals surface area contributed by atoms with E-state index >= 15 is 0 Å². The first-order valence-corrected chi connectivity index (χ1v) is 8.13. The molecule has 0 saturated heterocycles. The minimum atomic E-state index is 0.648. The summed E-state index contributed by atoms with van der Waals surface area (Å²) >= 11 is 5.37. The number of anilines is 1. The lowest BCUT2D eigenvalue weighted by Gasteiger charge is -2.18. The summed E-state index contributed by atoms with van der Waals surface area (Å²) in [7, 11) is 0. The van der Waals surface area contributed by atoms with Gasteiger partial charge in [-0.15, -0.1) is 0 Å². The van der Waals surface area contributed by atoms with Crippen LogP contribution >= 0.6 is 27.7 Å². The van der Waals surface area contributed by atoms with Gasteiger partial charge in [0, 0.05) is 15.4 Å². The zero-order valence-corrected chi connectivity index (χ0v) is 13.2. The molecule has 0 radical (unpaired) electrons. The van der Waals surface area contributed by atoms with Crippen LogP contribution in [0.1, 0.15) is 26.7 Å². The molecule has 1 aromatic rings. The molecule has 1 aliphatic rings. The molecule has 1 heterocycles. The first-order chi connectivity index (χ1) is 8.72. The predicted molar refractivity (Wildman–Crippen MR) is 85.5 cm³/mol. The van der Waals surface area contributed by atoms with Gasteiger partial charge in [-0.05, 0) is 24.1 Å². The van der Waals surface area contributed by atoms with Crippen molar-refractivity contribution in [1.82, 2.24) is 0 Å². The fourth-order valence-electron chi connectivity index (χ4n) is 2.21. The van der Waals surface area contributed by atoms with Crippen molar-refractivity contribution in [3.05, 3.63) is 28.7 Å². The molecule has 0 fully saturated rings. The van der Waals surface area contributed by atoms with E-state index in [-0.39, 0.29) is 0 Å². The van der Waals surface area contributed by atoms with E-state index in [1.807, 2.05) is 23.9 Å². The van der Waals surface area contributed by atoms with Crippen LogP contribution in [0.25, 0.3) is 0 Å². The van der Waals surface area contributed by atoms with Crippen LogP contribution in [-0.4, -0.2) is 17.0 Å². The summed E-state index contributed by atoms with van der Waals surface area (Å²) < 4.78 is 1.09. The SMILES string of the molecule is CCC(CC)C1CN=C(Nc2cccc(Br)c2)S1. The second-order valence-corrected chi connectivity index (χ2v) is 6.66. The second-order valence-electron chi connectivity index (χ2n) is 4.51. The number of hydrogen-bond donors (Lipinski definition) is 1. The van der Waals surface area contributed by atoms with Crippen molar-refractivity contribution in [3.8, 4) is 0 Å². The van der Waals surface area contributed by atoms with Gasteiger partial charge in [0.05, 0.1) is 6.54 Å². The molecule has 1 aliphatic heterocycles. The Labute approximate surface area is 122 Å². The van der Waals surface area contributed by atoms with Crippen LogP contribution in [0.3, 0.4) is 0 Å². The van der Waals surface area contributed by atoms with Gasteiger partial charge in [0.25, 0.3) is 0 Å². The fourth-order valence-corrected chi connectivity index (χ4v) is 3.95. The second kappa shape index (κ2) is 6.62. The van der Waals surface area contributed by atoms with Crippen LogP contribution in [0.15, 0.2) is 33.7 Å². The fraction of sp³-hybridized carbons (Fsp3) is 0.500. The van der Waals surface area contributed by atoms with Crippen molar-refractivity contribution < 1.29 is 0 Å². The van der Waals surface area contributed by atoms with Gasteiger partial charge < -0.3 is 5.32 Å². The highest BCUT2D eigenvalue weighted by Gasteiger charge is 2.25. The van der Waals surface area contributed by atoms with Crippen molar-refractivity contribution in [2.45, 2.75) is 31.9 Å². The Bertz CT molecular complexity index is 430. The Hall–Kier alpha value is -0.480. The molecule has 2 rings (SSSR count). The van der Waals surface area contributed by atoms with Gasteiger partial charge in [0.2, 0.25) is 0 Å². The highest BCUT2D eigenvalue weighted by atomic mass is 79.9. The van der Waals surface area contributed by atoms with Gasteiger partial charge in [-0.2, -0.15) is 0 Å². The molecule has 98 valence electrons. The number of aliphatic imine (C=N–C) groups is 1. The third-order valence-electron chi connectivity index (χ3n) is 3.33. The van der Waals surface area contributed by atoms with E-state index in [1.54, 1.807) is 0 Å². The number of halogens is 1. The van der Waals surface area contributed by atoms with Crippen LogP contribution in [0.4, 0.5) is 5.69 Å². The van der Waals surface area contributed by atoms with E-state index in [0.717, 1.165) is 27.8 Å². The molecule has 0 aliphatic carbocycles. The summed E-state index contributed by atoms with van der Waals surface area (Å²) in [5, 5.41) is 5.11.